The summed E-state index contributed by atoms with van der Waals surface area (Å²) in [5.74, 6) is -1.31. The molecule has 0 unspecified atom stereocenters. The van der Waals surface area contributed by atoms with Gasteiger partial charge in [0.1, 0.15) is 24.8 Å². The van der Waals surface area contributed by atoms with Crippen LogP contribution in [0.25, 0.3) is 5.76 Å². The number of carbonyl (C=O) groups excluding carboxylic acids is 2. The lowest BCUT2D eigenvalue weighted by Crippen LogP contribution is -2.29. The van der Waals surface area contributed by atoms with Crippen LogP contribution in [0.3, 0.4) is 0 Å². The van der Waals surface area contributed by atoms with Gasteiger partial charge >= 0.3 is 0 Å². The molecule has 0 spiro atoms. The lowest BCUT2D eigenvalue weighted by molar-refractivity contribution is -0.140. The van der Waals surface area contributed by atoms with Crippen molar-refractivity contribution in [2.24, 2.45) is 0 Å². The Morgan fingerprint density at radius 3 is 2.36 bits per heavy atom. The van der Waals surface area contributed by atoms with Crippen LogP contribution in [0.15, 0.2) is 78.4 Å². The summed E-state index contributed by atoms with van der Waals surface area (Å²) in [7, 11) is 0. The van der Waals surface area contributed by atoms with E-state index < -0.39 is 23.5 Å². The minimum Gasteiger partial charge on any atom is -0.507 e. The van der Waals surface area contributed by atoms with Crippen molar-refractivity contribution in [3.8, 4) is 11.5 Å². The molecule has 7 heteroatoms. The van der Waals surface area contributed by atoms with Crippen LogP contribution < -0.4 is 9.47 Å². The second-order valence-electron chi connectivity index (χ2n) is 7.82. The normalized spacial score (nSPS) is 19.1. The smallest absolute Gasteiger partial charge is 0.295 e. The molecule has 3 aromatic rings. The fraction of sp³-hybridized carbons (Fsp3) is 0.154. The molecule has 0 aromatic heterocycles. The number of nitrogens with zero attached hydrogens (tertiary/aromatic N) is 1. The Morgan fingerprint density at radius 1 is 0.939 bits per heavy atom. The number of rotatable bonds is 4. The zero-order valence-corrected chi connectivity index (χ0v) is 17.5. The summed E-state index contributed by atoms with van der Waals surface area (Å²) >= 11 is 0. The molecule has 1 saturated heterocycles. The molecular formula is C26H20FNO5. The first-order valence-corrected chi connectivity index (χ1v) is 10.5. The van der Waals surface area contributed by atoms with E-state index in [0.29, 0.717) is 35.8 Å². The Hall–Kier alpha value is -4.13. The highest BCUT2D eigenvalue weighted by molar-refractivity contribution is 6.46. The van der Waals surface area contributed by atoms with Gasteiger partial charge in [-0.25, -0.2) is 4.39 Å². The monoisotopic (exact) mass is 445 g/mol. The summed E-state index contributed by atoms with van der Waals surface area (Å²) in [6.07, 6.45) is 0. The van der Waals surface area contributed by atoms with Gasteiger partial charge in [-0.3, -0.25) is 9.59 Å². The predicted molar refractivity (Wildman–Crippen MR) is 118 cm³/mol. The number of hydrogen-bond donors (Lipinski definition) is 1. The standard InChI is InChI=1S/C26H20FNO5/c27-19-9-6-17(7-10-19)23-22(24(29)18-8-11-20-21(14-18)33-13-12-32-20)25(30)26(31)28(23)15-16-4-2-1-3-5-16/h1-11,14,23,29H,12-13,15H2/b24-22+/t23-/m1/s1. The van der Waals surface area contributed by atoms with Gasteiger partial charge in [-0.05, 0) is 41.5 Å². The van der Waals surface area contributed by atoms with Gasteiger partial charge in [-0.2, -0.15) is 0 Å². The molecule has 0 aliphatic carbocycles. The number of halogens is 1. The van der Waals surface area contributed by atoms with E-state index in [-0.39, 0.29) is 17.9 Å². The number of amides is 1. The maximum absolute atomic E-state index is 13.6. The van der Waals surface area contributed by atoms with E-state index in [1.807, 2.05) is 30.3 Å². The minimum atomic E-state index is -0.876. The second kappa shape index (κ2) is 8.43. The van der Waals surface area contributed by atoms with Gasteiger partial charge in [0.15, 0.2) is 11.5 Å². The summed E-state index contributed by atoms with van der Waals surface area (Å²) < 4.78 is 24.7. The molecule has 5 rings (SSSR count). The molecule has 1 atom stereocenters. The van der Waals surface area contributed by atoms with Gasteiger partial charge in [0.05, 0.1) is 11.6 Å². The first-order chi connectivity index (χ1) is 16.0. The van der Waals surface area contributed by atoms with Crippen LogP contribution in [0.5, 0.6) is 11.5 Å². The molecule has 166 valence electrons. The summed E-state index contributed by atoms with van der Waals surface area (Å²) in [5.41, 5.74) is 1.61. The van der Waals surface area contributed by atoms with Gasteiger partial charge < -0.3 is 19.5 Å². The molecule has 33 heavy (non-hydrogen) atoms. The molecule has 0 bridgehead atoms. The predicted octanol–water partition coefficient (Wildman–Crippen LogP) is 4.22. The first-order valence-electron chi connectivity index (χ1n) is 10.5. The highest BCUT2D eigenvalue weighted by Crippen LogP contribution is 2.41. The minimum absolute atomic E-state index is 0.0563. The van der Waals surface area contributed by atoms with Crippen molar-refractivity contribution in [2.45, 2.75) is 12.6 Å². The van der Waals surface area contributed by atoms with Crippen molar-refractivity contribution < 1.29 is 28.6 Å². The van der Waals surface area contributed by atoms with Crippen LogP contribution in [-0.2, 0) is 16.1 Å². The highest BCUT2D eigenvalue weighted by Gasteiger charge is 2.46. The average molecular weight is 445 g/mol. The average Bonchev–Trinajstić information content (AvgIpc) is 3.09. The fourth-order valence-corrected chi connectivity index (χ4v) is 4.16. The maximum Gasteiger partial charge on any atom is 0.295 e. The number of ether oxygens (including phenoxy) is 2. The summed E-state index contributed by atoms with van der Waals surface area (Å²) in [6, 6.07) is 18.8. The number of aliphatic hydroxyl groups excluding tert-OH is 1. The number of fused-ring (bicyclic) bond motifs is 1. The van der Waals surface area contributed by atoms with Gasteiger partial charge in [0.2, 0.25) is 0 Å². The summed E-state index contributed by atoms with van der Waals surface area (Å²) in [6.45, 7) is 0.952. The van der Waals surface area contributed by atoms with E-state index in [1.165, 1.54) is 29.2 Å². The number of ketones is 1. The fourth-order valence-electron chi connectivity index (χ4n) is 4.16. The van der Waals surface area contributed by atoms with Gasteiger partial charge in [-0.1, -0.05) is 42.5 Å². The van der Waals surface area contributed by atoms with Crippen molar-refractivity contribution >= 4 is 17.4 Å². The molecule has 0 radical (unpaired) electrons. The number of benzene rings is 3. The molecule has 6 nitrogen and oxygen atoms in total. The maximum atomic E-state index is 13.6. The Labute approximate surface area is 189 Å². The topological polar surface area (TPSA) is 76.1 Å². The van der Waals surface area contributed by atoms with Crippen molar-refractivity contribution in [3.05, 3.63) is 101 Å². The highest BCUT2D eigenvalue weighted by atomic mass is 19.1. The van der Waals surface area contributed by atoms with E-state index in [2.05, 4.69) is 0 Å². The van der Waals surface area contributed by atoms with Crippen molar-refractivity contribution in [2.75, 3.05) is 13.2 Å². The van der Waals surface area contributed by atoms with E-state index in [4.69, 9.17) is 9.47 Å². The molecule has 3 aromatic carbocycles. The third kappa shape index (κ3) is 3.82. The zero-order valence-electron chi connectivity index (χ0n) is 17.5. The van der Waals surface area contributed by atoms with E-state index in [1.54, 1.807) is 18.2 Å². The van der Waals surface area contributed by atoms with Crippen molar-refractivity contribution in [3.63, 3.8) is 0 Å². The van der Waals surface area contributed by atoms with Crippen LogP contribution in [-0.4, -0.2) is 34.9 Å². The molecule has 2 heterocycles. The van der Waals surface area contributed by atoms with Crippen molar-refractivity contribution in [1.82, 2.24) is 4.90 Å². The third-order valence-electron chi connectivity index (χ3n) is 5.74. The number of likely N-dealkylation sites (tertiary alicyclic amines) is 1. The van der Waals surface area contributed by atoms with Crippen LogP contribution in [0.1, 0.15) is 22.7 Å². The quantitative estimate of drug-likeness (QED) is 0.370. The van der Waals surface area contributed by atoms with Crippen LogP contribution >= 0.6 is 0 Å². The Balaban J connectivity index is 1.63. The van der Waals surface area contributed by atoms with Gasteiger partial charge in [0.25, 0.3) is 11.7 Å². The number of Topliss-reactive ketones (excluding diaryl/α,β-unsaturated/α-hetero) is 1. The first kappa shape index (κ1) is 20.8. The van der Waals surface area contributed by atoms with E-state index >= 15 is 0 Å². The third-order valence-corrected chi connectivity index (χ3v) is 5.74. The number of carbonyl (C=O) groups is 2. The van der Waals surface area contributed by atoms with E-state index in [9.17, 15) is 19.1 Å². The number of aliphatic hydroxyl groups is 1. The molecule has 0 saturated carbocycles. The molecular weight excluding hydrogens is 425 g/mol. The van der Waals surface area contributed by atoms with Gasteiger partial charge in [-0.15, -0.1) is 0 Å². The lowest BCUT2D eigenvalue weighted by atomic mass is 9.95. The Morgan fingerprint density at radius 2 is 1.64 bits per heavy atom. The lowest BCUT2D eigenvalue weighted by Gasteiger charge is -2.25. The molecule has 2 aliphatic heterocycles. The largest absolute Gasteiger partial charge is 0.507 e. The van der Waals surface area contributed by atoms with Crippen LogP contribution in [0, 0.1) is 5.82 Å². The van der Waals surface area contributed by atoms with Gasteiger partial charge in [0, 0.05) is 12.1 Å². The summed E-state index contributed by atoms with van der Waals surface area (Å²) in [5, 5.41) is 11.2. The second-order valence-corrected chi connectivity index (χ2v) is 7.82. The number of hydrogen-bond acceptors (Lipinski definition) is 5. The van der Waals surface area contributed by atoms with Crippen LogP contribution in [0.2, 0.25) is 0 Å². The van der Waals surface area contributed by atoms with Crippen LogP contribution in [0.4, 0.5) is 4.39 Å². The Kier molecular flexibility index (Phi) is 5.30. The SMILES string of the molecule is O=C1C(=O)N(Cc2ccccc2)[C@H](c2ccc(F)cc2)/C1=C(\O)c1ccc2c(c1)OCCO2. The zero-order chi connectivity index (χ0) is 22.9. The molecule has 2 aliphatic rings. The van der Waals surface area contributed by atoms with E-state index in [0.717, 1.165) is 5.56 Å². The molecule has 1 N–H and O–H groups in total. The molecule has 1 fully saturated rings. The summed E-state index contributed by atoms with van der Waals surface area (Å²) in [4.78, 5) is 27.6. The molecule has 1 amide bonds. The van der Waals surface area contributed by atoms with Crippen molar-refractivity contribution in [1.29, 1.82) is 0 Å². The Bertz CT molecular complexity index is 1250.